The van der Waals surface area contributed by atoms with Crippen LogP contribution in [0.15, 0.2) is 65.9 Å². The molecule has 186 valence electrons. The maximum atomic E-state index is 14.3. The highest BCUT2D eigenvalue weighted by molar-refractivity contribution is 6.11. The van der Waals surface area contributed by atoms with Gasteiger partial charge in [0.1, 0.15) is 0 Å². The molecule has 3 aliphatic rings. The number of rotatable bonds is 2. The van der Waals surface area contributed by atoms with Crippen molar-refractivity contribution in [3.05, 3.63) is 71.4 Å². The first-order valence-corrected chi connectivity index (χ1v) is 12.4. The molecule has 7 heteroatoms. The number of carbonyl (C=O) groups is 2. The van der Waals surface area contributed by atoms with Gasteiger partial charge in [-0.1, -0.05) is 67.8 Å². The van der Waals surface area contributed by atoms with E-state index in [4.69, 9.17) is 0 Å². The largest absolute Gasteiger partial charge is 0.430 e. The van der Waals surface area contributed by atoms with Crippen molar-refractivity contribution in [1.29, 1.82) is 0 Å². The molecular weight excluding hydrogens is 467 g/mol. The predicted octanol–water partition coefficient (Wildman–Crippen LogP) is 6.20. The lowest BCUT2D eigenvalue weighted by molar-refractivity contribution is -0.238. The zero-order valence-corrected chi connectivity index (χ0v) is 19.7. The molecule has 1 fully saturated rings. The summed E-state index contributed by atoms with van der Waals surface area (Å²) in [5.41, 5.74) is -4.28. The van der Waals surface area contributed by atoms with Crippen LogP contribution < -0.4 is 0 Å². The molecule has 1 spiro atoms. The van der Waals surface area contributed by atoms with Crippen molar-refractivity contribution in [2.75, 3.05) is 0 Å². The second kappa shape index (κ2) is 7.90. The molecule has 6 rings (SSSR count). The lowest BCUT2D eigenvalue weighted by Crippen LogP contribution is -2.55. The topological polar surface area (TPSA) is 57.6 Å². The molecule has 36 heavy (non-hydrogen) atoms. The molecule has 1 aliphatic heterocycles. The zero-order valence-electron chi connectivity index (χ0n) is 19.7. The SMILES string of the molecule is O=C1CC2(CCCCC2)CC2=C1[C@](O)(C(F)(F)F)C(=O)N2Cc1c2ccccc2cc2ccccc12. The van der Waals surface area contributed by atoms with Crippen LogP contribution in [0.3, 0.4) is 0 Å². The van der Waals surface area contributed by atoms with Crippen LogP contribution in [0.1, 0.15) is 50.5 Å². The van der Waals surface area contributed by atoms with Crippen LogP contribution in [0.25, 0.3) is 21.5 Å². The number of allylic oxidation sites excluding steroid dienone is 1. The molecule has 3 aromatic carbocycles. The van der Waals surface area contributed by atoms with Gasteiger partial charge in [-0.05, 0) is 57.9 Å². The van der Waals surface area contributed by atoms with E-state index in [1.165, 1.54) is 0 Å². The summed E-state index contributed by atoms with van der Waals surface area (Å²) in [4.78, 5) is 27.8. The van der Waals surface area contributed by atoms with Gasteiger partial charge in [0.2, 0.25) is 0 Å². The first-order valence-electron chi connectivity index (χ1n) is 12.4. The Kier molecular flexibility index (Phi) is 5.10. The van der Waals surface area contributed by atoms with Crippen LogP contribution >= 0.6 is 0 Å². The molecule has 0 aromatic heterocycles. The fourth-order valence-corrected chi connectivity index (χ4v) is 6.68. The molecule has 1 N–H and O–H groups in total. The summed E-state index contributed by atoms with van der Waals surface area (Å²) in [5.74, 6) is -2.23. The van der Waals surface area contributed by atoms with E-state index >= 15 is 0 Å². The minimum absolute atomic E-state index is 0.0509. The summed E-state index contributed by atoms with van der Waals surface area (Å²) in [6.45, 7) is -0.152. The Bertz CT molecular complexity index is 1400. The number of fused-ring (bicyclic) bond motifs is 2. The lowest BCUT2D eigenvalue weighted by atomic mass is 9.64. The maximum Gasteiger partial charge on any atom is 0.430 e. The average molecular weight is 494 g/mol. The summed E-state index contributed by atoms with van der Waals surface area (Å²) in [6, 6.07) is 17.1. The third kappa shape index (κ3) is 3.25. The summed E-state index contributed by atoms with van der Waals surface area (Å²) in [7, 11) is 0. The summed E-state index contributed by atoms with van der Waals surface area (Å²) >= 11 is 0. The average Bonchev–Trinajstić information content (AvgIpc) is 3.06. The molecule has 0 unspecified atom stereocenters. The van der Waals surface area contributed by atoms with Crippen LogP contribution in [0, 0.1) is 5.41 Å². The van der Waals surface area contributed by atoms with E-state index in [0.29, 0.717) is 5.56 Å². The molecule has 4 nitrogen and oxygen atoms in total. The number of benzene rings is 3. The summed E-state index contributed by atoms with van der Waals surface area (Å²) < 4.78 is 42.9. The molecule has 1 saturated carbocycles. The number of Topliss-reactive ketones (excluding diaryl/α,β-unsaturated/α-hetero) is 1. The van der Waals surface area contributed by atoms with E-state index in [0.717, 1.165) is 58.5 Å². The minimum Gasteiger partial charge on any atom is -0.368 e. The van der Waals surface area contributed by atoms with E-state index in [2.05, 4.69) is 0 Å². The number of carbonyl (C=O) groups excluding carboxylic acids is 2. The lowest BCUT2D eigenvalue weighted by Gasteiger charge is -2.41. The Labute approximate surface area is 206 Å². The van der Waals surface area contributed by atoms with Crippen LogP contribution in [-0.2, 0) is 16.1 Å². The highest BCUT2D eigenvalue weighted by atomic mass is 19.4. The van der Waals surface area contributed by atoms with Gasteiger partial charge in [-0.3, -0.25) is 9.59 Å². The first-order chi connectivity index (χ1) is 17.1. The van der Waals surface area contributed by atoms with E-state index in [9.17, 15) is 27.9 Å². The van der Waals surface area contributed by atoms with E-state index in [1.54, 1.807) is 0 Å². The highest BCUT2D eigenvalue weighted by Crippen LogP contribution is 2.56. The van der Waals surface area contributed by atoms with Crippen LogP contribution in [0.2, 0.25) is 0 Å². The van der Waals surface area contributed by atoms with Gasteiger partial charge in [-0.15, -0.1) is 0 Å². The van der Waals surface area contributed by atoms with Crippen molar-refractivity contribution in [2.45, 2.75) is 63.3 Å². The summed E-state index contributed by atoms with van der Waals surface area (Å²) in [5, 5.41) is 14.4. The van der Waals surface area contributed by atoms with Gasteiger partial charge in [0.25, 0.3) is 11.5 Å². The molecule has 2 aliphatic carbocycles. The van der Waals surface area contributed by atoms with Crippen LogP contribution in [-0.4, -0.2) is 33.5 Å². The van der Waals surface area contributed by atoms with Crippen molar-refractivity contribution in [3.8, 4) is 0 Å². The smallest absolute Gasteiger partial charge is 0.368 e. The fourth-order valence-electron chi connectivity index (χ4n) is 6.68. The number of hydrogen-bond acceptors (Lipinski definition) is 3. The maximum absolute atomic E-state index is 14.3. The Morgan fingerprint density at radius 1 is 0.861 bits per heavy atom. The molecular formula is C29H26F3NO3. The molecule has 1 amide bonds. The molecule has 1 heterocycles. The van der Waals surface area contributed by atoms with Gasteiger partial charge >= 0.3 is 6.18 Å². The standard InChI is InChI=1S/C29H26F3NO3/c30-29(31,32)28(36)25-23(15-27(16-24(25)34)12-6-1-7-13-27)33(26(28)35)17-22-20-10-4-2-8-18(20)14-19-9-3-5-11-21(19)22/h2-5,8-11,14,36H,1,6-7,12-13,15-17H2/t28-/m1/s1. The zero-order chi connectivity index (χ0) is 25.3. The number of nitrogens with zero attached hydrogens (tertiary/aromatic N) is 1. The Morgan fingerprint density at radius 2 is 1.44 bits per heavy atom. The summed E-state index contributed by atoms with van der Waals surface area (Å²) in [6.07, 6.45) is -0.851. The van der Waals surface area contributed by atoms with Gasteiger partial charge < -0.3 is 10.0 Å². The molecule has 0 bridgehead atoms. The van der Waals surface area contributed by atoms with Crippen molar-refractivity contribution < 1.29 is 27.9 Å². The van der Waals surface area contributed by atoms with Gasteiger partial charge in [0.05, 0.1) is 12.1 Å². The second-order valence-corrected chi connectivity index (χ2v) is 10.6. The van der Waals surface area contributed by atoms with Gasteiger partial charge in [0.15, 0.2) is 5.78 Å². The Hall–Kier alpha value is -3.19. The first kappa shape index (κ1) is 23.2. The third-order valence-corrected chi connectivity index (χ3v) is 8.41. The second-order valence-electron chi connectivity index (χ2n) is 10.6. The van der Waals surface area contributed by atoms with Crippen molar-refractivity contribution >= 4 is 33.2 Å². The van der Waals surface area contributed by atoms with Crippen molar-refractivity contribution in [3.63, 3.8) is 0 Å². The predicted molar refractivity (Wildman–Crippen MR) is 130 cm³/mol. The van der Waals surface area contributed by atoms with Crippen LogP contribution in [0.4, 0.5) is 13.2 Å². The number of halogens is 3. The number of hydrogen-bond donors (Lipinski definition) is 1. The number of aliphatic hydroxyl groups is 1. The quantitative estimate of drug-likeness (QED) is 0.433. The van der Waals surface area contributed by atoms with Gasteiger partial charge in [-0.25, -0.2) is 0 Å². The molecule has 0 radical (unpaired) electrons. The van der Waals surface area contributed by atoms with Gasteiger partial charge in [-0.2, -0.15) is 13.2 Å². The van der Waals surface area contributed by atoms with Gasteiger partial charge in [0, 0.05) is 12.1 Å². The van der Waals surface area contributed by atoms with E-state index in [1.807, 2.05) is 54.6 Å². The molecule has 1 atom stereocenters. The minimum atomic E-state index is -5.30. The number of alkyl halides is 3. The van der Waals surface area contributed by atoms with Crippen LogP contribution in [0.5, 0.6) is 0 Å². The van der Waals surface area contributed by atoms with Crippen molar-refractivity contribution in [2.24, 2.45) is 5.41 Å². The monoisotopic (exact) mass is 493 g/mol. The Morgan fingerprint density at radius 3 is 2.03 bits per heavy atom. The van der Waals surface area contributed by atoms with Crippen molar-refractivity contribution in [1.82, 2.24) is 4.90 Å². The number of amides is 1. The Balaban J connectivity index is 1.55. The highest BCUT2D eigenvalue weighted by Gasteiger charge is 2.70. The molecule has 3 aromatic rings. The van der Waals surface area contributed by atoms with E-state index < -0.39 is 34.5 Å². The molecule has 0 saturated heterocycles. The number of ketones is 1. The fraction of sp³-hybridized carbons (Fsp3) is 0.379. The third-order valence-electron chi connectivity index (χ3n) is 8.41. The van der Waals surface area contributed by atoms with E-state index in [-0.39, 0.29) is 25.1 Å². The normalized spacial score (nSPS) is 24.3.